The maximum Gasteiger partial charge on any atom is 0.307 e. The summed E-state index contributed by atoms with van der Waals surface area (Å²) in [6.07, 6.45) is 1.80. The Morgan fingerprint density at radius 3 is 2.33 bits per heavy atom. The van der Waals surface area contributed by atoms with Gasteiger partial charge in [0.1, 0.15) is 17.5 Å². The summed E-state index contributed by atoms with van der Waals surface area (Å²) in [5.74, 6) is 0.851. The highest BCUT2D eigenvalue weighted by Gasteiger charge is 2.32. The number of likely N-dealkylation sites (N-methyl/N-ethyl adjacent to an activating group) is 1. The fourth-order valence-electron chi connectivity index (χ4n) is 2.67. The van der Waals surface area contributed by atoms with E-state index in [4.69, 9.17) is 31.2 Å². The van der Waals surface area contributed by atoms with Crippen LogP contribution in [-0.2, 0) is 14.3 Å². The van der Waals surface area contributed by atoms with Crippen LogP contribution in [-0.4, -0.2) is 76.2 Å². The zero-order valence-electron chi connectivity index (χ0n) is 17.8. The largest absolute Gasteiger partial charge is 0.493 e. The first-order chi connectivity index (χ1) is 14.3. The van der Waals surface area contributed by atoms with E-state index in [1.165, 1.54) is 42.9 Å². The minimum Gasteiger partial charge on any atom is -0.493 e. The molecule has 1 aromatic rings. The smallest absolute Gasteiger partial charge is 0.307 e. The van der Waals surface area contributed by atoms with Crippen LogP contribution in [0.1, 0.15) is 12.0 Å². The number of amides is 1. The van der Waals surface area contributed by atoms with Crippen molar-refractivity contribution in [1.82, 2.24) is 4.90 Å². The second-order valence-electron chi connectivity index (χ2n) is 6.72. The van der Waals surface area contributed by atoms with Gasteiger partial charge in [-0.1, -0.05) is 24.0 Å². The van der Waals surface area contributed by atoms with Crippen molar-refractivity contribution >= 4 is 46.3 Å². The molecular weight excluding hydrogens is 428 g/mol. The SMILES string of the molecule is COc1cc(/C=C2\SC(=S)N(CCC(=O)OCC[NH+](C)C)C2=O)cc(OC)c1OC. The first-order valence-corrected chi connectivity index (χ1v) is 10.5. The number of hydrogen-bond acceptors (Lipinski definition) is 8. The van der Waals surface area contributed by atoms with Crippen LogP contribution in [0.15, 0.2) is 17.0 Å². The van der Waals surface area contributed by atoms with Gasteiger partial charge in [-0.15, -0.1) is 0 Å². The third-order valence-corrected chi connectivity index (χ3v) is 5.64. The summed E-state index contributed by atoms with van der Waals surface area (Å²) in [5, 5.41) is 0. The number of carbonyl (C=O) groups excluding carboxylic acids is 2. The Bertz CT molecular complexity index is 816. The Morgan fingerprint density at radius 2 is 1.80 bits per heavy atom. The zero-order valence-corrected chi connectivity index (χ0v) is 19.4. The molecule has 0 spiro atoms. The van der Waals surface area contributed by atoms with E-state index in [0.29, 0.717) is 38.6 Å². The third kappa shape index (κ3) is 6.10. The van der Waals surface area contributed by atoms with Gasteiger partial charge in [-0.2, -0.15) is 0 Å². The molecule has 0 bridgehead atoms. The monoisotopic (exact) mass is 455 g/mol. The molecule has 30 heavy (non-hydrogen) atoms. The zero-order chi connectivity index (χ0) is 22.3. The number of thioether (sulfide) groups is 1. The van der Waals surface area contributed by atoms with Crippen LogP contribution in [0.2, 0.25) is 0 Å². The van der Waals surface area contributed by atoms with Gasteiger partial charge in [-0.3, -0.25) is 14.5 Å². The molecule has 0 aliphatic carbocycles. The average Bonchev–Trinajstić information content (AvgIpc) is 2.97. The van der Waals surface area contributed by atoms with Gasteiger partial charge in [0, 0.05) is 6.54 Å². The number of ether oxygens (including phenoxy) is 4. The van der Waals surface area contributed by atoms with Crippen molar-refractivity contribution in [2.45, 2.75) is 6.42 Å². The molecule has 0 radical (unpaired) electrons. The summed E-state index contributed by atoms with van der Waals surface area (Å²) < 4.78 is 21.6. The molecule has 0 saturated carbocycles. The first kappa shape index (κ1) is 24.0. The Balaban J connectivity index is 2.09. The number of quaternary nitrogens is 1. The average molecular weight is 456 g/mol. The normalized spacial score (nSPS) is 15.1. The Hall–Kier alpha value is -2.30. The van der Waals surface area contributed by atoms with Crippen molar-refractivity contribution < 1.29 is 33.4 Å². The van der Waals surface area contributed by atoms with Crippen molar-refractivity contribution in [3.8, 4) is 17.2 Å². The maximum absolute atomic E-state index is 12.8. The van der Waals surface area contributed by atoms with Crippen molar-refractivity contribution in [1.29, 1.82) is 0 Å². The molecule has 1 aliphatic rings. The van der Waals surface area contributed by atoms with E-state index in [0.717, 1.165) is 6.54 Å². The molecule has 10 heteroatoms. The minimum atomic E-state index is -0.348. The number of methoxy groups -OCH3 is 3. The van der Waals surface area contributed by atoms with E-state index in [1.54, 1.807) is 18.2 Å². The van der Waals surface area contributed by atoms with Gasteiger partial charge in [-0.05, 0) is 23.8 Å². The lowest BCUT2D eigenvalue weighted by atomic mass is 10.1. The number of rotatable bonds is 10. The lowest BCUT2D eigenvalue weighted by Gasteiger charge is -2.14. The van der Waals surface area contributed by atoms with E-state index in [9.17, 15) is 9.59 Å². The number of thiocarbonyl (C=S) groups is 1. The van der Waals surface area contributed by atoms with Gasteiger partial charge in [0.15, 0.2) is 11.5 Å². The number of hydrogen-bond donors (Lipinski definition) is 1. The molecule has 0 aromatic heterocycles. The molecule has 1 aromatic carbocycles. The fraction of sp³-hybridized carbons (Fsp3) is 0.450. The number of benzene rings is 1. The molecule has 1 heterocycles. The summed E-state index contributed by atoms with van der Waals surface area (Å²) in [4.78, 5) is 27.7. The van der Waals surface area contributed by atoms with Gasteiger partial charge in [0.2, 0.25) is 5.75 Å². The first-order valence-electron chi connectivity index (χ1n) is 9.30. The van der Waals surface area contributed by atoms with Crippen molar-refractivity contribution in [3.63, 3.8) is 0 Å². The van der Waals surface area contributed by atoms with Crippen molar-refractivity contribution in [2.24, 2.45) is 0 Å². The third-order valence-electron chi connectivity index (χ3n) is 4.26. The molecule has 1 amide bonds. The summed E-state index contributed by atoms with van der Waals surface area (Å²) in [5.41, 5.74) is 0.704. The molecule has 0 unspecified atom stereocenters. The summed E-state index contributed by atoms with van der Waals surface area (Å²) in [6, 6.07) is 3.50. The highest BCUT2D eigenvalue weighted by atomic mass is 32.2. The fourth-order valence-corrected chi connectivity index (χ4v) is 3.98. The second-order valence-corrected chi connectivity index (χ2v) is 8.40. The van der Waals surface area contributed by atoms with E-state index in [1.807, 2.05) is 14.1 Å². The molecule has 0 atom stereocenters. The molecule has 2 rings (SSSR count). The Morgan fingerprint density at radius 1 is 1.17 bits per heavy atom. The van der Waals surface area contributed by atoms with Gasteiger partial charge in [-0.25, -0.2) is 0 Å². The van der Waals surface area contributed by atoms with E-state index < -0.39 is 0 Å². The second kappa shape index (κ2) is 11.2. The van der Waals surface area contributed by atoms with Gasteiger partial charge < -0.3 is 23.8 Å². The van der Waals surface area contributed by atoms with Crippen LogP contribution in [0.3, 0.4) is 0 Å². The quantitative estimate of drug-likeness (QED) is 0.318. The van der Waals surface area contributed by atoms with Crippen LogP contribution in [0.4, 0.5) is 0 Å². The number of carbonyl (C=O) groups is 2. The molecule has 1 aliphatic heterocycles. The number of esters is 1. The van der Waals surface area contributed by atoms with E-state index >= 15 is 0 Å². The number of nitrogens with one attached hydrogen (secondary N) is 1. The number of nitrogens with zero attached hydrogens (tertiary/aromatic N) is 1. The molecule has 8 nitrogen and oxygen atoms in total. The summed E-state index contributed by atoms with van der Waals surface area (Å²) in [7, 11) is 8.54. The van der Waals surface area contributed by atoms with Crippen molar-refractivity contribution in [2.75, 3.05) is 55.1 Å². The molecule has 1 fully saturated rings. The molecule has 1 N–H and O–H groups in total. The van der Waals surface area contributed by atoms with E-state index in [2.05, 4.69) is 0 Å². The predicted octanol–water partition coefficient (Wildman–Crippen LogP) is 0.991. The Kier molecular flexibility index (Phi) is 8.94. The van der Waals surface area contributed by atoms with Crippen LogP contribution in [0.5, 0.6) is 17.2 Å². The predicted molar refractivity (Wildman–Crippen MR) is 119 cm³/mol. The minimum absolute atomic E-state index is 0.0899. The van der Waals surface area contributed by atoms with Crippen molar-refractivity contribution in [3.05, 3.63) is 22.6 Å². The van der Waals surface area contributed by atoms with Gasteiger partial charge >= 0.3 is 5.97 Å². The lowest BCUT2D eigenvalue weighted by Crippen LogP contribution is -3.06. The lowest BCUT2D eigenvalue weighted by molar-refractivity contribution is -0.858. The topological polar surface area (TPSA) is 78.7 Å². The van der Waals surface area contributed by atoms with Gasteiger partial charge in [0.05, 0.1) is 46.8 Å². The van der Waals surface area contributed by atoms with E-state index in [-0.39, 0.29) is 24.8 Å². The highest BCUT2D eigenvalue weighted by molar-refractivity contribution is 8.26. The van der Waals surface area contributed by atoms with Gasteiger partial charge in [0.25, 0.3) is 5.91 Å². The molecule has 164 valence electrons. The van der Waals surface area contributed by atoms with Crippen LogP contribution in [0.25, 0.3) is 6.08 Å². The summed E-state index contributed by atoms with van der Waals surface area (Å²) in [6.45, 7) is 1.26. The van der Waals surface area contributed by atoms with Crippen LogP contribution in [0, 0.1) is 0 Å². The summed E-state index contributed by atoms with van der Waals surface area (Å²) >= 11 is 6.51. The van der Waals surface area contributed by atoms with Crippen LogP contribution < -0.4 is 19.1 Å². The Labute approximate surface area is 186 Å². The van der Waals surface area contributed by atoms with Crippen LogP contribution >= 0.6 is 24.0 Å². The highest BCUT2D eigenvalue weighted by Crippen LogP contribution is 2.40. The maximum atomic E-state index is 12.8. The standard InChI is InChI=1S/C20H26N2O6S2/c1-21(2)8-9-28-17(23)6-7-22-19(24)16(30-20(22)29)12-13-10-14(25-3)18(27-5)15(11-13)26-4/h10-12H,6-9H2,1-5H3/p+1/b16-12-. The molecule has 1 saturated heterocycles. The molecular formula is C20H27N2O6S2+.